The lowest BCUT2D eigenvalue weighted by atomic mass is 9.96. The molecule has 33 heavy (non-hydrogen) atoms. The zero-order chi connectivity index (χ0) is 22.9. The Balaban J connectivity index is 0.00000385. The molecule has 3 rings (SSSR count). The number of nitrogens with one attached hydrogen (secondary N) is 2. The molecule has 0 aliphatic carbocycles. The number of piperidine rings is 1. The highest BCUT2D eigenvalue weighted by atomic mass is 127. The van der Waals surface area contributed by atoms with Crippen LogP contribution in [0.25, 0.3) is 0 Å². The van der Waals surface area contributed by atoms with Crippen molar-refractivity contribution in [2.45, 2.75) is 26.3 Å². The van der Waals surface area contributed by atoms with Crippen molar-refractivity contribution in [3.05, 3.63) is 42.1 Å². The molecule has 180 valence electrons. The van der Waals surface area contributed by atoms with Gasteiger partial charge in [0.15, 0.2) is 17.5 Å². The van der Waals surface area contributed by atoms with Crippen molar-refractivity contribution in [3.8, 4) is 11.5 Å². The molecule has 0 atom stereocenters. The van der Waals surface area contributed by atoms with E-state index in [9.17, 15) is 4.79 Å². The van der Waals surface area contributed by atoms with Crippen LogP contribution in [0.2, 0.25) is 0 Å². The zero-order valence-electron chi connectivity index (χ0n) is 19.3. The highest BCUT2D eigenvalue weighted by molar-refractivity contribution is 14.0. The number of guanidine groups is 1. The summed E-state index contributed by atoms with van der Waals surface area (Å²) in [7, 11) is 3.34. The van der Waals surface area contributed by atoms with Crippen molar-refractivity contribution < 1.29 is 14.3 Å². The summed E-state index contributed by atoms with van der Waals surface area (Å²) in [5.41, 5.74) is 7.35. The lowest BCUT2D eigenvalue weighted by molar-refractivity contribution is -0.122. The van der Waals surface area contributed by atoms with Crippen molar-refractivity contribution in [2.75, 3.05) is 44.1 Å². The normalized spacial score (nSPS) is 14.3. The van der Waals surface area contributed by atoms with E-state index in [4.69, 9.17) is 15.2 Å². The quantitative estimate of drug-likeness (QED) is 0.255. The highest BCUT2D eigenvalue weighted by Gasteiger charge is 2.25. The molecule has 1 aliphatic heterocycles. The Bertz CT molecular complexity index is 948. The molecule has 1 amide bonds. The van der Waals surface area contributed by atoms with Gasteiger partial charge in [0.25, 0.3) is 0 Å². The van der Waals surface area contributed by atoms with E-state index in [1.807, 2.05) is 37.3 Å². The molecule has 10 heteroatoms. The van der Waals surface area contributed by atoms with Gasteiger partial charge in [-0.15, -0.1) is 24.0 Å². The topological polar surface area (TPSA) is 114 Å². The van der Waals surface area contributed by atoms with Crippen LogP contribution in [-0.4, -0.2) is 50.7 Å². The van der Waals surface area contributed by atoms with Crippen LogP contribution in [0.15, 0.2) is 41.5 Å². The number of carbonyl (C=O) groups is 1. The highest BCUT2D eigenvalue weighted by Crippen LogP contribution is 2.30. The van der Waals surface area contributed by atoms with Crippen molar-refractivity contribution in [1.82, 2.24) is 10.3 Å². The number of benzene rings is 1. The number of aliphatic imine (C=N–C) groups is 1. The first-order chi connectivity index (χ1) is 15.5. The fourth-order valence-corrected chi connectivity index (χ4v) is 3.75. The first-order valence-electron chi connectivity index (χ1n) is 10.8. The monoisotopic (exact) mass is 568 g/mol. The molecule has 0 radical (unpaired) electrons. The average molecular weight is 568 g/mol. The minimum absolute atomic E-state index is 0. The first kappa shape index (κ1) is 26.5. The van der Waals surface area contributed by atoms with Crippen molar-refractivity contribution >= 4 is 47.3 Å². The van der Waals surface area contributed by atoms with E-state index in [2.05, 4.69) is 25.5 Å². The maximum Gasteiger partial charge on any atom is 0.220 e. The standard InChI is InChI=1S/C23H32N6O3.HI/c1-4-32-20-14-18(7-8-19(20)31-3)28-23(25-2)27-15-17-6-5-11-26-22(17)29-12-9-16(10-13-29)21(24)30;/h5-8,11,14,16H,4,9-10,12-13,15H2,1-3H3,(H2,24,30)(H2,25,27,28);1H. The van der Waals surface area contributed by atoms with E-state index >= 15 is 0 Å². The third kappa shape index (κ3) is 7.11. The van der Waals surface area contributed by atoms with Gasteiger partial charge in [-0.3, -0.25) is 9.79 Å². The van der Waals surface area contributed by atoms with Crippen LogP contribution in [0.5, 0.6) is 11.5 Å². The predicted octanol–water partition coefficient (Wildman–Crippen LogP) is 3.00. The van der Waals surface area contributed by atoms with Gasteiger partial charge in [0.2, 0.25) is 5.91 Å². The number of hydrogen-bond acceptors (Lipinski definition) is 6. The minimum atomic E-state index is -0.214. The summed E-state index contributed by atoms with van der Waals surface area (Å²) in [5.74, 6) is 2.63. The molecule has 9 nitrogen and oxygen atoms in total. The Morgan fingerprint density at radius 1 is 1.27 bits per heavy atom. The number of ether oxygens (including phenoxy) is 2. The summed E-state index contributed by atoms with van der Waals surface area (Å²) in [6.07, 6.45) is 3.29. The summed E-state index contributed by atoms with van der Waals surface area (Å²) in [5, 5.41) is 6.63. The van der Waals surface area contributed by atoms with E-state index in [1.165, 1.54) is 0 Å². The van der Waals surface area contributed by atoms with Crippen LogP contribution >= 0.6 is 24.0 Å². The Kier molecular flexibility index (Phi) is 10.5. The summed E-state index contributed by atoms with van der Waals surface area (Å²) in [6, 6.07) is 9.61. The molecule has 0 unspecified atom stereocenters. The molecule has 4 N–H and O–H groups in total. The average Bonchev–Trinajstić information content (AvgIpc) is 2.82. The van der Waals surface area contributed by atoms with Gasteiger partial charge in [0.05, 0.1) is 13.7 Å². The molecular formula is C23H33IN6O3. The number of halogens is 1. The number of primary amides is 1. The van der Waals surface area contributed by atoms with Crippen LogP contribution in [0.4, 0.5) is 11.5 Å². The van der Waals surface area contributed by atoms with Gasteiger partial charge < -0.3 is 30.7 Å². The fraction of sp³-hybridized carbons (Fsp3) is 0.435. The van der Waals surface area contributed by atoms with E-state index in [-0.39, 0.29) is 35.8 Å². The van der Waals surface area contributed by atoms with Crippen molar-refractivity contribution in [3.63, 3.8) is 0 Å². The van der Waals surface area contributed by atoms with Gasteiger partial charge in [0, 0.05) is 56.1 Å². The van der Waals surface area contributed by atoms with Crippen LogP contribution in [-0.2, 0) is 11.3 Å². The smallest absolute Gasteiger partial charge is 0.220 e. The SMILES string of the molecule is CCOc1cc(NC(=NC)NCc2cccnc2N2CCC(C(N)=O)CC2)ccc1OC.I. The third-order valence-corrected chi connectivity index (χ3v) is 5.46. The van der Waals surface area contributed by atoms with Crippen molar-refractivity contribution in [1.29, 1.82) is 0 Å². The molecule has 1 aliphatic rings. The zero-order valence-corrected chi connectivity index (χ0v) is 21.7. The van der Waals surface area contributed by atoms with Gasteiger partial charge >= 0.3 is 0 Å². The van der Waals surface area contributed by atoms with E-state index < -0.39 is 0 Å². The molecule has 1 saturated heterocycles. The Labute approximate surface area is 212 Å². The van der Waals surface area contributed by atoms with Gasteiger partial charge in [-0.2, -0.15) is 0 Å². The molecule has 1 aromatic carbocycles. The number of nitrogens with two attached hydrogens (primary N) is 1. The number of aromatic nitrogens is 1. The molecule has 2 aromatic rings. The summed E-state index contributed by atoms with van der Waals surface area (Å²) in [6.45, 7) is 4.55. The summed E-state index contributed by atoms with van der Waals surface area (Å²) >= 11 is 0. The first-order valence-corrected chi connectivity index (χ1v) is 10.8. The number of amides is 1. The molecular weight excluding hydrogens is 535 g/mol. The Morgan fingerprint density at radius 2 is 2.03 bits per heavy atom. The maximum atomic E-state index is 11.5. The largest absolute Gasteiger partial charge is 0.493 e. The molecule has 1 fully saturated rings. The van der Waals surface area contributed by atoms with Gasteiger partial charge in [-0.05, 0) is 38.0 Å². The van der Waals surface area contributed by atoms with Gasteiger partial charge in [0.1, 0.15) is 5.82 Å². The fourth-order valence-electron chi connectivity index (χ4n) is 3.75. The number of rotatable bonds is 8. The number of anilines is 2. The second-order valence-electron chi connectivity index (χ2n) is 7.50. The molecule has 2 heterocycles. The van der Waals surface area contributed by atoms with E-state index in [0.717, 1.165) is 43.0 Å². The lowest BCUT2D eigenvalue weighted by Gasteiger charge is -2.32. The van der Waals surface area contributed by atoms with Gasteiger partial charge in [-0.25, -0.2) is 4.98 Å². The summed E-state index contributed by atoms with van der Waals surface area (Å²) < 4.78 is 11.0. The molecule has 0 spiro atoms. The number of nitrogens with zero attached hydrogens (tertiary/aromatic N) is 3. The van der Waals surface area contributed by atoms with Gasteiger partial charge in [-0.1, -0.05) is 6.07 Å². The number of pyridine rings is 1. The second-order valence-corrected chi connectivity index (χ2v) is 7.50. The summed E-state index contributed by atoms with van der Waals surface area (Å²) in [4.78, 5) is 22.6. The molecule has 0 saturated carbocycles. The molecule has 1 aromatic heterocycles. The van der Waals surface area contributed by atoms with Crippen LogP contribution in [0.3, 0.4) is 0 Å². The maximum absolute atomic E-state index is 11.5. The van der Waals surface area contributed by atoms with E-state index in [0.29, 0.717) is 30.6 Å². The number of carbonyl (C=O) groups excluding carboxylic acids is 1. The van der Waals surface area contributed by atoms with Crippen LogP contribution in [0.1, 0.15) is 25.3 Å². The lowest BCUT2D eigenvalue weighted by Crippen LogP contribution is -2.39. The van der Waals surface area contributed by atoms with Crippen LogP contribution in [0, 0.1) is 5.92 Å². The number of hydrogen-bond donors (Lipinski definition) is 3. The minimum Gasteiger partial charge on any atom is -0.493 e. The molecule has 0 bridgehead atoms. The Hall–Kier alpha value is -2.76. The van der Waals surface area contributed by atoms with E-state index in [1.54, 1.807) is 20.4 Å². The van der Waals surface area contributed by atoms with Crippen LogP contribution < -0.4 is 30.7 Å². The number of methoxy groups -OCH3 is 1. The Morgan fingerprint density at radius 3 is 2.67 bits per heavy atom. The predicted molar refractivity (Wildman–Crippen MR) is 142 cm³/mol. The third-order valence-electron chi connectivity index (χ3n) is 5.46. The van der Waals surface area contributed by atoms with Crippen molar-refractivity contribution in [2.24, 2.45) is 16.6 Å². The second kappa shape index (κ2) is 13.1.